The molecule has 0 saturated carbocycles. The predicted octanol–water partition coefficient (Wildman–Crippen LogP) is 3.59. The first-order valence-electron chi connectivity index (χ1n) is 11.5. The molecule has 0 spiro atoms. The van der Waals surface area contributed by atoms with Gasteiger partial charge in [-0.25, -0.2) is 13.1 Å². The highest BCUT2D eigenvalue weighted by atomic mass is 35.5. The van der Waals surface area contributed by atoms with Crippen molar-refractivity contribution in [2.75, 3.05) is 44.2 Å². The first-order chi connectivity index (χ1) is 16.9. The van der Waals surface area contributed by atoms with Gasteiger partial charge in [-0.05, 0) is 54.4 Å². The molecule has 1 amide bonds. The van der Waals surface area contributed by atoms with E-state index in [9.17, 15) is 13.2 Å². The number of carbonyl (C=O) groups is 1. The molecule has 0 aromatic heterocycles. The fraction of sp³-hybridized carbons (Fsp3) is 0.269. The summed E-state index contributed by atoms with van der Waals surface area (Å²) in [5.41, 5.74) is 2.11. The second-order valence-corrected chi connectivity index (χ2v) is 10.4. The standard InChI is InChI=1S/C26H28ClN3O4S/c27-22-7-4-8-23(19-22)29-15-17-30(18-16-29)26(31)20-34-24-9-11-25(12-10-24)35(32,33)28-14-13-21-5-2-1-3-6-21/h1-12,19,28H,13-18,20H2. The molecule has 1 aliphatic rings. The minimum atomic E-state index is -3.62. The molecule has 9 heteroatoms. The highest BCUT2D eigenvalue weighted by molar-refractivity contribution is 7.89. The number of ether oxygens (including phenoxy) is 1. The maximum absolute atomic E-state index is 12.6. The molecule has 7 nitrogen and oxygen atoms in total. The van der Waals surface area contributed by atoms with E-state index in [1.165, 1.54) is 12.1 Å². The molecule has 1 N–H and O–H groups in total. The number of nitrogens with zero attached hydrogens (tertiary/aromatic N) is 2. The summed E-state index contributed by atoms with van der Waals surface area (Å²) in [6.45, 7) is 2.84. The Morgan fingerprint density at radius 2 is 1.63 bits per heavy atom. The minimum Gasteiger partial charge on any atom is -0.484 e. The van der Waals surface area contributed by atoms with E-state index in [1.807, 2.05) is 54.6 Å². The molecule has 1 fully saturated rings. The highest BCUT2D eigenvalue weighted by Crippen LogP contribution is 2.21. The van der Waals surface area contributed by atoms with Crippen molar-refractivity contribution in [3.05, 3.63) is 89.4 Å². The van der Waals surface area contributed by atoms with Crippen LogP contribution in [-0.4, -0.2) is 58.6 Å². The van der Waals surface area contributed by atoms with Gasteiger partial charge in [0.2, 0.25) is 10.0 Å². The topological polar surface area (TPSA) is 78.9 Å². The van der Waals surface area contributed by atoms with Crippen molar-refractivity contribution in [1.29, 1.82) is 0 Å². The normalized spacial score (nSPS) is 14.1. The quantitative estimate of drug-likeness (QED) is 0.473. The number of sulfonamides is 1. The van der Waals surface area contributed by atoms with Crippen molar-refractivity contribution in [3.63, 3.8) is 0 Å². The van der Waals surface area contributed by atoms with E-state index < -0.39 is 10.0 Å². The number of halogens is 1. The number of hydrogen-bond donors (Lipinski definition) is 1. The second kappa shape index (κ2) is 11.6. The summed E-state index contributed by atoms with van der Waals surface area (Å²) in [5.74, 6) is 0.342. The van der Waals surface area contributed by atoms with E-state index in [0.717, 1.165) is 24.3 Å². The van der Waals surface area contributed by atoms with Crippen LogP contribution in [0.1, 0.15) is 5.56 Å². The second-order valence-electron chi connectivity index (χ2n) is 8.24. The van der Waals surface area contributed by atoms with Crippen LogP contribution in [0.3, 0.4) is 0 Å². The van der Waals surface area contributed by atoms with Crippen LogP contribution in [-0.2, 0) is 21.2 Å². The van der Waals surface area contributed by atoms with Crippen LogP contribution in [0.25, 0.3) is 0 Å². The van der Waals surface area contributed by atoms with Gasteiger partial charge in [0.05, 0.1) is 4.90 Å². The zero-order valence-corrected chi connectivity index (χ0v) is 20.8. The summed E-state index contributed by atoms with van der Waals surface area (Å²) in [5, 5.41) is 0.691. The van der Waals surface area contributed by atoms with Gasteiger partial charge in [0, 0.05) is 43.4 Å². The molecule has 0 radical (unpaired) electrons. The van der Waals surface area contributed by atoms with Crippen LogP contribution in [0.15, 0.2) is 83.8 Å². The van der Waals surface area contributed by atoms with Gasteiger partial charge >= 0.3 is 0 Å². The fourth-order valence-electron chi connectivity index (χ4n) is 3.90. The minimum absolute atomic E-state index is 0.0986. The van der Waals surface area contributed by atoms with Crippen molar-refractivity contribution in [2.24, 2.45) is 0 Å². The Labute approximate surface area is 211 Å². The molecule has 3 aromatic carbocycles. The molecule has 0 bridgehead atoms. The van der Waals surface area contributed by atoms with Gasteiger partial charge < -0.3 is 14.5 Å². The van der Waals surface area contributed by atoms with E-state index in [4.69, 9.17) is 16.3 Å². The van der Waals surface area contributed by atoms with Gasteiger partial charge in [-0.3, -0.25) is 4.79 Å². The van der Waals surface area contributed by atoms with Gasteiger partial charge in [0.1, 0.15) is 5.75 Å². The third-order valence-corrected chi connectivity index (χ3v) is 7.56. The van der Waals surface area contributed by atoms with Crippen LogP contribution < -0.4 is 14.4 Å². The predicted molar refractivity (Wildman–Crippen MR) is 138 cm³/mol. The molecular weight excluding hydrogens is 486 g/mol. The van der Waals surface area contributed by atoms with Gasteiger partial charge in [0.15, 0.2) is 6.61 Å². The Bertz CT molecular complexity index is 1230. The Kier molecular flexibility index (Phi) is 8.28. The maximum Gasteiger partial charge on any atom is 0.260 e. The van der Waals surface area contributed by atoms with Crippen molar-refractivity contribution in [3.8, 4) is 5.75 Å². The zero-order chi connectivity index (χ0) is 24.7. The number of amides is 1. The molecule has 3 aromatic rings. The van der Waals surface area contributed by atoms with E-state index in [0.29, 0.717) is 36.8 Å². The van der Waals surface area contributed by atoms with E-state index in [-0.39, 0.29) is 17.4 Å². The lowest BCUT2D eigenvalue weighted by Crippen LogP contribution is -2.50. The van der Waals surface area contributed by atoms with Gasteiger partial charge in [-0.2, -0.15) is 0 Å². The van der Waals surface area contributed by atoms with Crippen LogP contribution >= 0.6 is 11.6 Å². The fourth-order valence-corrected chi connectivity index (χ4v) is 5.11. The first kappa shape index (κ1) is 25.0. The molecular formula is C26H28ClN3O4S. The molecule has 0 aliphatic carbocycles. The summed E-state index contributed by atoms with van der Waals surface area (Å²) in [7, 11) is -3.62. The Balaban J connectivity index is 1.22. The first-order valence-corrected chi connectivity index (χ1v) is 13.3. The number of piperazine rings is 1. The summed E-state index contributed by atoms with van der Waals surface area (Å²) >= 11 is 6.08. The Morgan fingerprint density at radius 3 is 2.31 bits per heavy atom. The largest absolute Gasteiger partial charge is 0.484 e. The lowest BCUT2D eigenvalue weighted by molar-refractivity contribution is -0.133. The highest BCUT2D eigenvalue weighted by Gasteiger charge is 2.22. The summed E-state index contributed by atoms with van der Waals surface area (Å²) in [4.78, 5) is 16.7. The van der Waals surface area contributed by atoms with Gasteiger partial charge in [-0.15, -0.1) is 0 Å². The lowest BCUT2D eigenvalue weighted by Gasteiger charge is -2.36. The van der Waals surface area contributed by atoms with Crippen molar-refractivity contribution >= 4 is 33.2 Å². The Morgan fingerprint density at radius 1 is 0.914 bits per heavy atom. The van der Waals surface area contributed by atoms with Crippen LogP contribution in [0.5, 0.6) is 5.75 Å². The number of nitrogens with one attached hydrogen (secondary N) is 1. The van der Waals surface area contributed by atoms with Crippen LogP contribution in [0, 0.1) is 0 Å². The third kappa shape index (κ3) is 6.97. The maximum atomic E-state index is 12.6. The summed E-state index contributed by atoms with van der Waals surface area (Å²) in [6, 6.07) is 23.5. The summed E-state index contributed by atoms with van der Waals surface area (Å²) < 4.78 is 33.3. The van der Waals surface area contributed by atoms with E-state index in [2.05, 4.69) is 9.62 Å². The number of benzene rings is 3. The molecule has 1 aliphatic heterocycles. The number of carbonyl (C=O) groups excluding carboxylic acids is 1. The van der Waals surface area contributed by atoms with Crippen molar-refractivity contribution in [2.45, 2.75) is 11.3 Å². The third-order valence-electron chi connectivity index (χ3n) is 5.85. The lowest BCUT2D eigenvalue weighted by atomic mass is 10.2. The van der Waals surface area contributed by atoms with Crippen molar-refractivity contribution in [1.82, 2.24) is 9.62 Å². The van der Waals surface area contributed by atoms with Crippen molar-refractivity contribution < 1.29 is 17.9 Å². The average molecular weight is 514 g/mol. The van der Waals surface area contributed by atoms with Crippen LogP contribution in [0.4, 0.5) is 5.69 Å². The Hall–Kier alpha value is -3.07. The van der Waals surface area contributed by atoms with Gasteiger partial charge in [0.25, 0.3) is 5.91 Å². The zero-order valence-electron chi connectivity index (χ0n) is 19.3. The number of anilines is 1. The molecule has 35 heavy (non-hydrogen) atoms. The SMILES string of the molecule is O=C(COc1ccc(S(=O)(=O)NCCc2ccccc2)cc1)N1CCN(c2cccc(Cl)c2)CC1. The molecule has 1 heterocycles. The van der Waals surface area contributed by atoms with Crippen LogP contribution in [0.2, 0.25) is 5.02 Å². The smallest absolute Gasteiger partial charge is 0.260 e. The molecule has 0 unspecified atom stereocenters. The van der Waals surface area contributed by atoms with E-state index in [1.54, 1.807) is 17.0 Å². The number of rotatable bonds is 9. The molecule has 184 valence electrons. The van der Waals surface area contributed by atoms with E-state index >= 15 is 0 Å². The monoisotopic (exact) mass is 513 g/mol. The number of hydrogen-bond acceptors (Lipinski definition) is 5. The van der Waals surface area contributed by atoms with Gasteiger partial charge in [-0.1, -0.05) is 48.0 Å². The molecule has 0 atom stereocenters. The average Bonchev–Trinajstić information content (AvgIpc) is 2.88. The molecule has 4 rings (SSSR count). The molecule has 1 saturated heterocycles. The summed E-state index contributed by atoms with van der Waals surface area (Å²) in [6.07, 6.45) is 0.608.